The molecule has 68 valence electrons. The van der Waals surface area contributed by atoms with E-state index in [-0.39, 0.29) is 5.92 Å². The first-order valence-electron chi connectivity index (χ1n) is 4.14. The lowest BCUT2D eigenvalue weighted by molar-refractivity contribution is -0.143. The SMILES string of the molecule is CC(=N)N1CCC(C(=O)O)CC1. The summed E-state index contributed by atoms with van der Waals surface area (Å²) in [5, 5.41) is 16.0. The molecule has 0 bridgehead atoms. The molecule has 4 nitrogen and oxygen atoms in total. The summed E-state index contributed by atoms with van der Waals surface area (Å²) in [5.41, 5.74) is 0. The van der Waals surface area contributed by atoms with E-state index < -0.39 is 5.97 Å². The van der Waals surface area contributed by atoms with Crippen molar-refractivity contribution in [2.45, 2.75) is 19.8 Å². The van der Waals surface area contributed by atoms with Crippen LogP contribution in [0.4, 0.5) is 0 Å². The van der Waals surface area contributed by atoms with Gasteiger partial charge in [0.25, 0.3) is 0 Å². The van der Waals surface area contributed by atoms with Crippen LogP contribution in [0.3, 0.4) is 0 Å². The minimum absolute atomic E-state index is 0.194. The molecule has 1 aliphatic heterocycles. The van der Waals surface area contributed by atoms with Crippen molar-refractivity contribution >= 4 is 11.8 Å². The number of aliphatic carboxylic acids is 1. The normalized spacial score (nSPS) is 19.2. The molecule has 1 saturated heterocycles. The van der Waals surface area contributed by atoms with E-state index in [1.165, 1.54) is 0 Å². The first-order chi connectivity index (χ1) is 5.61. The van der Waals surface area contributed by atoms with Crippen molar-refractivity contribution in [3.63, 3.8) is 0 Å². The second kappa shape index (κ2) is 3.56. The van der Waals surface area contributed by atoms with Crippen molar-refractivity contribution in [1.29, 1.82) is 5.41 Å². The zero-order chi connectivity index (χ0) is 9.14. The molecule has 0 spiro atoms. The van der Waals surface area contributed by atoms with Gasteiger partial charge in [-0.3, -0.25) is 10.2 Å². The zero-order valence-electron chi connectivity index (χ0n) is 7.21. The van der Waals surface area contributed by atoms with Gasteiger partial charge in [0.05, 0.1) is 11.8 Å². The van der Waals surface area contributed by atoms with E-state index in [9.17, 15) is 4.79 Å². The molecular formula is C8H14N2O2. The molecule has 12 heavy (non-hydrogen) atoms. The van der Waals surface area contributed by atoms with Gasteiger partial charge in [0.15, 0.2) is 0 Å². The van der Waals surface area contributed by atoms with Crippen LogP contribution in [0.15, 0.2) is 0 Å². The summed E-state index contributed by atoms with van der Waals surface area (Å²) in [6, 6.07) is 0. The number of hydrogen-bond acceptors (Lipinski definition) is 2. The Morgan fingerprint density at radius 3 is 2.33 bits per heavy atom. The van der Waals surface area contributed by atoms with Gasteiger partial charge >= 0.3 is 5.97 Å². The van der Waals surface area contributed by atoms with Crippen LogP contribution in [-0.4, -0.2) is 34.9 Å². The number of carboxylic acids is 1. The van der Waals surface area contributed by atoms with E-state index in [2.05, 4.69) is 0 Å². The Labute approximate surface area is 71.7 Å². The van der Waals surface area contributed by atoms with Crippen LogP contribution >= 0.6 is 0 Å². The molecule has 1 rings (SSSR count). The first kappa shape index (κ1) is 9.03. The average molecular weight is 170 g/mol. The van der Waals surface area contributed by atoms with Gasteiger partial charge in [-0.15, -0.1) is 0 Å². The minimum Gasteiger partial charge on any atom is -0.481 e. The number of nitrogens with zero attached hydrogens (tertiary/aromatic N) is 1. The molecule has 1 fully saturated rings. The Morgan fingerprint density at radius 2 is 2.00 bits per heavy atom. The highest BCUT2D eigenvalue weighted by Crippen LogP contribution is 2.16. The van der Waals surface area contributed by atoms with Gasteiger partial charge < -0.3 is 10.0 Å². The number of rotatable bonds is 1. The van der Waals surface area contributed by atoms with Crippen molar-refractivity contribution in [3.05, 3.63) is 0 Å². The van der Waals surface area contributed by atoms with E-state index in [0.29, 0.717) is 31.8 Å². The highest BCUT2D eigenvalue weighted by atomic mass is 16.4. The predicted molar refractivity (Wildman–Crippen MR) is 45.3 cm³/mol. The highest BCUT2D eigenvalue weighted by molar-refractivity contribution is 5.77. The summed E-state index contributed by atoms with van der Waals surface area (Å²) in [6.07, 6.45) is 1.34. The summed E-state index contributed by atoms with van der Waals surface area (Å²) in [6.45, 7) is 3.17. The quantitative estimate of drug-likeness (QED) is 0.451. The van der Waals surface area contributed by atoms with Crippen molar-refractivity contribution in [2.24, 2.45) is 5.92 Å². The van der Waals surface area contributed by atoms with Gasteiger partial charge in [-0.05, 0) is 19.8 Å². The van der Waals surface area contributed by atoms with Crippen LogP contribution in [0, 0.1) is 11.3 Å². The van der Waals surface area contributed by atoms with E-state index in [1.54, 1.807) is 6.92 Å². The average Bonchev–Trinajstić information content (AvgIpc) is 2.04. The van der Waals surface area contributed by atoms with Crippen LogP contribution < -0.4 is 0 Å². The van der Waals surface area contributed by atoms with Crippen molar-refractivity contribution < 1.29 is 9.90 Å². The Bertz CT molecular complexity index is 173. The molecule has 0 atom stereocenters. The summed E-state index contributed by atoms with van der Waals surface area (Å²) in [7, 11) is 0. The molecule has 0 aromatic carbocycles. The molecule has 0 amide bonds. The molecule has 0 unspecified atom stereocenters. The summed E-state index contributed by atoms with van der Waals surface area (Å²) in [4.78, 5) is 12.5. The monoisotopic (exact) mass is 170 g/mol. The van der Waals surface area contributed by atoms with E-state index in [1.807, 2.05) is 4.90 Å². The van der Waals surface area contributed by atoms with Gasteiger partial charge in [0.2, 0.25) is 0 Å². The molecule has 0 radical (unpaired) electrons. The molecule has 0 aromatic heterocycles. The number of carboxylic acid groups (broad SMARTS) is 1. The smallest absolute Gasteiger partial charge is 0.306 e. The zero-order valence-corrected chi connectivity index (χ0v) is 7.21. The molecule has 0 saturated carbocycles. The van der Waals surface area contributed by atoms with Gasteiger partial charge in [0, 0.05) is 13.1 Å². The Hall–Kier alpha value is -1.06. The van der Waals surface area contributed by atoms with Crippen LogP contribution in [0.5, 0.6) is 0 Å². The van der Waals surface area contributed by atoms with Crippen molar-refractivity contribution in [1.82, 2.24) is 4.90 Å². The largest absolute Gasteiger partial charge is 0.481 e. The maximum atomic E-state index is 10.6. The lowest BCUT2D eigenvalue weighted by Gasteiger charge is -2.30. The number of likely N-dealkylation sites (tertiary alicyclic amines) is 1. The van der Waals surface area contributed by atoms with Crippen molar-refractivity contribution in [3.8, 4) is 0 Å². The van der Waals surface area contributed by atoms with E-state index >= 15 is 0 Å². The van der Waals surface area contributed by atoms with E-state index in [4.69, 9.17) is 10.5 Å². The Morgan fingerprint density at radius 1 is 1.50 bits per heavy atom. The van der Waals surface area contributed by atoms with Gasteiger partial charge in [-0.2, -0.15) is 0 Å². The molecule has 0 aromatic rings. The highest BCUT2D eigenvalue weighted by Gasteiger charge is 2.24. The number of carbonyl (C=O) groups is 1. The number of amidine groups is 1. The predicted octanol–water partition coefficient (Wildman–Crippen LogP) is 0.780. The Kier molecular flexibility index (Phi) is 2.68. The van der Waals surface area contributed by atoms with Gasteiger partial charge in [0.1, 0.15) is 0 Å². The molecule has 1 aliphatic rings. The van der Waals surface area contributed by atoms with Gasteiger partial charge in [-0.25, -0.2) is 0 Å². The lowest BCUT2D eigenvalue weighted by Crippen LogP contribution is -2.38. The van der Waals surface area contributed by atoms with Crippen molar-refractivity contribution in [2.75, 3.05) is 13.1 Å². The number of hydrogen-bond donors (Lipinski definition) is 2. The fourth-order valence-electron chi connectivity index (χ4n) is 1.46. The second-order valence-electron chi connectivity index (χ2n) is 3.18. The van der Waals surface area contributed by atoms with Crippen LogP contribution in [0.2, 0.25) is 0 Å². The number of nitrogens with one attached hydrogen (secondary N) is 1. The maximum absolute atomic E-state index is 10.6. The minimum atomic E-state index is -0.697. The lowest BCUT2D eigenvalue weighted by atomic mass is 9.97. The van der Waals surface area contributed by atoms with Gasteiger partial charge in [-0.1, -0.05) is 0 Å². The summed E-state index contributed by atoms with van der Waals surface area (Å²) >= 11 is 0. The summed E-state index contributed by atoms with van der Waals surface area (Å²) in [5.74, 6) is -0.350. The molecule has 0 aliphatic carbocycles. The number of piperidine rings is 1. The standard InChI is InChI=1S/C8H14N2O2/c1-6(9)10-4-2-7(3-5-10)8(11)12/h7,9H,2-5H2,1H3,(H,11,12). The fraction of sp³-hybridized carbons (Fsp3) is 0.750. The summed E-state index contributed by atoms with van der Waals surface area (Å²) < 4.78 is 0. The second-order valence-corrected chi connectivity index (χ2v) is 3.18. The third-order valence-corrected chi connectivity index (χ3v) is 2.32. The Balaban J connectivity index is 2.39. The molecule has 1 heterocycles. The molecule has 4 heteroatoms. The van der Waals surface area contributed by atoms with Crippen LogP contribution in [0.1, 0.15) is 19.8 Å². The third kappa shape index (κ3) is 1.96. The maximum Gasteiger partial charge on any atom is 0.306 e. The topological polar surface area (TPSA) is 64.4 Å². The van der Waals surface area contributed by atoms with Crippen LogP contribution in [-0.2, 0) is 4.79 Å². The molecular weight excluding hydrogens is 156 g/mol. The first-order valence-corrected chi connectivity index (χ1v) is 4.14. The fourth-order valence-corrected chi connectivity index (χ4v) is 1.46. The molecule has 2 N–H and O–H groups in total. The van der Waals surface area contributed by atoms with Crippen LogP contribution in [0.25, 0.3) is 0 Å². The van der Waals surface area contributed by atoms with E-state index in [0.717, 1.165) is 0 Å². The third-order valence-electron chi connectivity index (χ3n) is 2.32.